The van der Waals surface area contributed by atoms with Gasteiger partial charge in [-0.05, 0) is 80.6 Å². The van der Waals surface area contributed by atoms with Gasteiger partial charge < -0.3 is 15.2 Å². The third-order valence-corrected chi connectivity index (χ3v) is 11.5. The van der Waals surface area contributed by atoms with Gasteiger partial charge in [0.1, 0.15) is 6.17 Å². The van der Waals surface area contributed by atoms with Gasteiger partial charge in [0.2, 0.25) is 5.91 Å². The fraction of sp³-hybridized carbons (Fsp3) is 0.394. The summed E-state index contributed by atoms with van der Waals surface area (Å²) >= 11 is 12.5. The van der Waals surface area contributed by atoms with E-state index in [1.54, 1.807) is 30.3 Å². The van der Waals surface area contributed by atoms with E-state index in [0.717, 1.165) is 36.2 Å². The number of fused-ring (bicyclic) bond motifs is 1. The highest BCUT2D eigenvalue weighted by Gasteiger charge is 2.33. The van der Waals surface area contributed by atoms with E-state index >= 15 is 0 Å². The molecule has 0 aliphatic carbocycles. The minimum absolute atomic E-state index is 0.0373. The number of rotatable bonds is 8. The molecule has 0 unspecified atom stereocenters. The van der Waals surface area contributed by atoms with E-state index in [2.05, 4.69) is 15.2 Å². The number of alkyl halides is 1. The van der Waals surface area contributed by atoms with Gasteiger partial charge in [-0.1, -0.05) is 29.3 Å². The first kappa shape index (κ1) is 31.8. The molecule has 3 aliphatic heterocycles. The lowest BCUT2D eigenvalue weighted by atomic mass is 10.0. The number of aromatic nitrogens is 1. The zero-order valence-corrected chi connectivity index (χ0v) is 27.5. The molecule has 45 heavy (non-hydrogen) atoms. The number of carbonyl (C=O) groups is 2. The monoisotopic (exact) mass is 672 g/mol. The number of aromatic amines is 1. The van der Waals surface area contributed by atoms with Gasteiger partial charge in [-0.2, -0.15) is 0 Å². The Morgan fingerprint density at radius 1 is 1.09 bits per heavy atom. The molecule has 2 N–H and O–H groups in total. The van der Waals surface area contributed by atoms with Crippen molar-refractivity contribution in [1.29, 1.82) is 0 Å². The Balaban J connectivity index is 1.23. The first-order valence-electron chi connectivity index (χ1n) is 15.1. The number of sulfone groups is 1. The molecule has 12 heteroatoms. The molecule has 0 radical (unpaired) electrons. The molecular weight excluding hydrogens is 638 g/mol. The Labute approximate surface area is 272 Å². The number of nitrogens with one attached hydrogen (secondary N) is 2. The van der Waals surface area contributed by atoms with Crippen molar-refractivity contribution in [1.82, 2.24) is 14.8 Å². The number of halogens is 3. The van der Waals surface area contributed by atoms with Crippen molar-refractivity contribution in [3.63, 3.8) is 0 Å². The van der Waals surface area contributed by atoms with Crippen LogP contribution >= 0.6 is 23.2 Å². The molecule has 8 nitrogen and oxygen atoms in total. The zero-order valence-electron chi connectivity index (χ0n) is 25.1. The lowest BCUT2D eigenvalue weighted by Gasteiger charge is -2.28. The minimum Gasteiger partial charge on any atom is -0.359 e. The van der Waals surface area contributed by atoms with Crippen LogP contribution in [0.25, 0.3) is 11.6 Å². The van der Waals surface area contributed by atoms with Crippen LogP contribution in [-0.4, -0.2) is 73.4 Å². The van der Waals surface area contributed by atoms with Gasteiger partial charge in [0.15, 0.2) is 9.84 Å². The van der Waals surface area contributed by atoms with E-state index in [4.69, 9.17) is 23.2 Å². The Bertz CT molecular complexity index is 1800. The van der Waals surface area contributed by atoms with Crippen molar-refractivity contribution in [2.24, 2.45) is 0 Å². The van der Waals surface area contributed by atoms with E-state index in [9.17, 15) is 22.4 Å². The summed E-state index contributed by atoms with van der Waals surface area (Å²) < 4.78 is 40.5. The second kappa shape index (κ2) is 12.5. The van der Waals surface area contributed by atoms with E-state index in [1.807, 2.05) is 18.7 Å². The van der Waals surface area contributed by atoms with Gasteiger partial charge in [0.05, 0.1) is 22.6 Å². The van der Waals surface area contributed by atoms with Gasteiger partial charge >= 0.3 is 0 Å². The Morgan fingerprint density at radius 3 is 2.56 bits per heavy atom. The summed E-state index contributed by atoms with van der Waals surface area (Å²) in [5.41, 5.74) is 4.83. The fourth-order valence-corrected chi connectivity index (χ4v) is 8.79. The quantitative estimate of drug-likeness (QED) is 0.287. The van der Waals surface area contributed by atoms with Gasteiger partial charge in [-0.25, -0.2) is 12.8 Å². The van der Waals surface area contributed by atoms with Crippen molar-refractivity contribution < 1.29 is 22.4 Å². The molecule has 2 amide bonds. The third-order valence-electron chi connectivity index (χ3n) is 9.16. The molecule has 4 heterocycles. The molecular formula is C33H35Cl2FN4O4S. The molecule has 3 aliphatic rings. The number of hydrogen-bond donors (Lipinski definition) is 2. The van der Waals surface area contributed by atoms with Crippen LogP contribution in [0.1, 0.15) is 52.9 Å². The highest BCUT2D eigenvalue weighted by Crippen LogP contribution is 2.37. The summed E-state index contributed by atoms with van der Waals surface area (Å²) in [5.74, 6) is -0.700. The number of likely N-dealkylation sites (tertiary alicyclic amines) is 2. The molecule has 0 bridgehead atoms. The lowest BCUT2D eigenvalue weighted by Crippen LogP contribution is -2.43. The third kappa shape index (κ3) is 6.43. The van der Waals surface area contributed by atoms with Crippen molar-refractivity contribution in [3.05, 3.63) is 80.1 Å². The molecule has 6 rings (SSSR count). The topological polar surface area (TPSA) is 103 Å². The van der Waals surface area contributed by atoms with Crippen LogP contribution in [0.15, 0.2) is 41.3 Å². The fourth-order valence-electron chi connectivity index (χ4n) is 6.67. The van der Waals surface area contributed by atoms with Crippen LogP contribution in [0.3, 0.4) is 0 Å². The van der Waals surface area contributed by atoms with Crippen LogP contribution < -0.4 is 5.32 Å². The lowest BCUT2D eigenvalue weighted by molar-refractivity contribution is -0.131. The summed E-state index contributed by atoms with van der Waals surface area (Å²) in [6, 6.07) is 9.45. The van der Waals surface area contributed by atoms with Gasteiger partial charge in [-0.15, -0.1) is 0 Å². The van der Waals surface area contributed by atoms with Gasteiger partial charge in [0.25, 0.3) is 5.91 Å². The first-order valence-corrected chi connectivity index (χ1v) is 17.5. The second-order valence-corrected chi connectivity index (χ2v) is 15.0. The molecule has 2 fully saturated rings. The van der Waals surface area contributed by atoms with Crippen molar-refractivity contribution >= 4 is 62.2 Å². The Hall–Kier alpha value is -3.18. The van der Waals surface area contributed by atoms with E-state index in [1.165, 1.54) is 12.1 Å². The number of anilines is 1. The normalized spacial score (nSPS) is 21.1. The highest BCUT2D eigenvalue weighted by molar-refractivity contribution is 7.90. The SMILES string of the molecule is Cc1[nH]c(/C=C2\C(=O)Nc3ccc(S(=O)(=O)Cc4c(Cl)cccc4Cl)cc32)c(C)c1CC(=O)N1CCC[C@@H]1CN1CC[C@@H](F)C1. The average molecular weight is 674 g/mol. The maximum Gasteiger partial charge on any atom is 0.256 e. The molecule has 238 valence electrons. The first-order chi connectivity index (χ1) is 21.4. The number of benzene rings is 2. The standard InChI is InChI=1S/C33H35Cl2FN4O4S/c1-19-24(15-32(41)40-11-4-5-22(40)17-39-12-10-21(36)16-39)20(2)37-31(19)14-26-25-13-23(8-9-30(25)38-33(26)42)45(43,44)18-27-28(34)6-3-7-29(27)35/h3,6-9,13-14,21-22,37H,4-5,10-12,15-18H2,1-2H3,(H,38,42)/b26-14-/t21-,22-/m1/s1. The number of H-pyrrole nitrogens is 1. The molecule has 3 aromatic rings. The minimum atomic E-state index is -3.85. The molecule has 0 saturated carbocycles. The predicted octanol–water partition coefficient (Wildman–Crippen LogP) is 5.98. The van der Waals surface area contributed by atoms with Crippen LogP contribution in [0.4, 0.5) is 10.1 Å². The van der Waals surface area contributed by atoms with Crippen molar-refractivity contribution in [2.45, 2.75) is 62.4 Å². The average Bonchev–Trinajstić information content (AvgIpc) is 3.75. The Kier molecular flexibility index (Phi) is 8.86. The highest BCUT2D eigenvalue weighted by atomic mass is 35.5. The molecule has 2 saturated heterocycles. The molecule has 2 atom stereocenters. The predicted molar refractivity (Wildman–Crippen MR) is 175 cm³/mol. The van der Waals surface area contributed by atoms with Crippen LogP contribution in [0.2, 0.25) is 10.0 Å². The van der Waals surface area contributed by atoms with Crippen LogP contribution in [-0.2, 0) is 31.6 Å². The number of nitrogens with zero attached hydrogens (tertiary/aromatic N) is 2. The number of hydrogen-bond acceptors (Lipinski definition) is 5. The second-order valence-electron chi connectivity index (χ2n) is 12.2. The molecule has 2 aromatic carbocycles. The number of amides is 2. The van der Waals surface area contributed by atoms with Gasteiger partial charge in [0, 0.05) is 70.5 Å². The van der Waals surface area contributed by atoms with Crippen molar-refractivity contribution in [2.75, 3.05) is 31.5 Å². The molecule has 1 aromatic heterocycles. The summed E-state index contributed by atoms with van der Waals surface area (Å²) in [5, 5.41) is 3.34. The van der Waals surface area contributed by atoms with E-state index in [0.29, 0.717) is 54.1 Å². The van der Waals surface area contributed by atoms with Crippen LogP contribution in [0, 0.1) is 13.8 Å². The van der Waals surface area contributed by atoms with Gasteiger partial charge in [-0.3, -0.25) is 14.5 Å². The maximum absolute atomic E-state index is 13.7. The number of aryl methyl sites for hydroxylation is 1. The summed E-state index contributed by atoms with van der Waals surface area (Å²) in [6.45, 7) is 6.37. The number of carbonyl (C=O) groups excluding carboxylic acids is 2. The summed E-state index contributed by atoms with van der Waals surface area (Å²) in [4.78, 5) is 34.0. The largest absolute Gasteiger partial charge is 0.359 e. The summed E-state index contributed by atoms with van der Waals surface area (Å²) in [6.07, 6.45) is 3.54. The summed E-state index contributed by atoms with van der Waals surface area (Å²) in [7, 11) is -3.85. The van der Waals surface area contributed by atoms with E-state index < -0.39 is 16.0 Å². The maximum atomic E-state index is 13.7. The molecule has 0 spiro atoms. The smallest absolute Gasteiger partial charge is 0.256 e. The van der Waals surface area contributed by atoms with Crippen molar-refractivity contribution in [3.8, 4) is 0 Å². The van der Waals surface area contributed by atoms with E-state index in [-0.39, 0.29) is 45.0 Å². The zero-order chi connectivity index (χ0) is 32.0. The van der Waals surface area contributed by atoms with Crippen LogP contribution in [0.5, 0.6) is 0 Å². The Morgan fingerprint density at radius 2 is 1.84 bits per heavy atom.